The first-order valence-corrected chi connectivity index (χ1v) is 36.3. The standard InChI is InChI=1S/C70H135N2O7P/c1-7-10-13-16-19-22-25-28-30-32-34-36-38-40-42-44-47-50-53-56-59-62-69(73)71-67(66-78-80(75,76)77-65-64-72(4,5)6)68(61-58-55-52-49-46-27-24-21-18-15-12-9-3)79-70(74)63-60-57-54-51-48-45-43-41-39-37-35-33-31-29-26-23-20-17-14-11-8-2/h20,23,29,31,58,61,67-68H,7-19,21-22,24-28,30,32-57,59-60,62-66H2,1-6H3,(H-,71,73,75,76)/p+1/b23-20-,31-29-,61-58+. The lowest BCUT2D eigenvalue weighted by Gasteiger charge is -2.27. The first kappa shape index (κ1) is 78.2. The quantitative estimate of drug-likeness (QED) is 0.0205. The minimum Gasteiger partial charge on any atom is -0.456 e. The molecular formula is C70H136N2O7P+. The van der Waals surface area contributed by atoms with Crippen molar-refractivity contribution < 1.29 is 37.3 Å². The molecule has 0 rings (SSSR count). The van der Waals surface area contributed by atoms with Crippen LogP contribution >= 0.6 is 7.82 Å². The van der Waals surface area contributed by atoms with E-state index < -0.39 is 20.0 Å². The lowest BCUT2D eigenvalue weighted by Crippen LogP contribution is -2.47. The summed E-state index contributed by atoms with van der Waals surface area (Å²) in [7, 11) is 1.51. The van der Waals surface area contributed by atoms with Crippen LogP contribution in [0.5, 0.6) is 0 Å². The van der Waals surface area contributed by atoms with E-state index in [1.807, 2.05) is 33.3 Å². The summed E-state index contributed by atoms with van der Waals surface area (Å²) < 4.78 is 30.8. The Bertz CT molecular complexity index is 1460. The number of rotatable bonds is 64. The summed E-state index contributed by atoms with van der Waals surface area (Å²) in [5, 5.41) is 3.07. The first-order valence-electron chi connectivity index (χ1n) is 34.8. The van der Waals surface area contributed by atoms with E-state index in [-0.39, 0.29) is 25.1 Å². The molecule has 0 fully saturated rings. The molecule has 10 heteroatoms. The number of phosphoric ester groups is 1. The minimum atomic E-state index is -4.45. The third-order valence-electron chi connectivity index (χ3n) is 15.8. The summed E-state index contributed by atoms with van der Waals surface area (Å²) in [5.41, 5.74) is 0. The van der Waals surface area contributed by atoms with Gasteiger partial charge in [0.25, 0.3) is 0 Å². The molecule has 0 aromatic rings. The van der Waals surface area contributed by atoms with Crippen LogP contribution in [0, 0.1) is 0 Å². The molecule has 3 atom stereocenters. The number of allylic oxidation sites excluding steroid dienone is 5. The van der Waals surface area contributed by atoms with Crippen molar-refractivity contribution in [3.63, 3.8) is 0 Å². The van der Waals surface area contributed by atoms with Crippen molar-refractivity contribution in [2.45, 2.75) is 360 Å². The second-order valence-corrected chi connectivity index (χ2v) is 26.5. The number of nitrogens with zero attached hydrogens (tertiary/aromatic N) is 1. The predicted molar refractivity (Wildman–Crippen MR) is 346 cm³/mol. The molecule has 9 nitrogen and oxygen atoms in total. The number of esters is 1. The Morgan fingerprint density at radius 1 is 0.438 bits per heavy atom. The molecule has 0 aliphatic rings. The fourth-order valence-corrected chi connectivity index (χ4v) is 11.2. The van der Waals surface area contributed by atoms with Crippen LogP contribution in [0.2, 0.25) is 0 Å². The number of ether oxygens (including phenoxy) is 1. The molecule has 80 heavy (non-hydrogen) atoms. The van der Waals surface area contributed by atoms with Crippen LogP contribution in [0.15, 0.2) is 36.5 Å². The molecule has 0 spiro atoms. The zero-order chi connectivity index (χ0) is 58.6. The Morgan fingerprint density at radius 2 is 0.762 bits per heavy atom. The van der Waals surface area contributed by atoms with Crippen LogP contribution in [0.1, 0.15) is 348 Å². The number of hydrogen-bond donors (Lipinski definition) is 2. The molecule has 1 amide bonds. The van der Waals surface area contributed by atoms with Crippen LogP contribution in [0.3, 0.4) is 0 Å². The fraction of sp³-hybridized carbons (Fsp3) is 0.886. The van der Waals surface area contributed by atoms with E-state index in [1.165, 1.54) is 250 Å². The lowest BCUT2D eigenvalue weighted by molar-refractivity contribution is -0.870. The maximum Gasteiger partial charge on any atom is 0.472 e. The Labute approximate surface area is 497 Å². The Balaban J connectivity index is 5.09. The van der Waals surface area contributed by atoms with Crippen LogP contribution in [0.25, 0.3) is 0 Å². The van der Waals surface area contributed by atoms with Crippen LogP contribution in [0.4, 0.5) is 0 Å². The van der Waals surface area contributed by atoms with Gasteiger partial charge < -0.3 is 19.4 Å². The van der Waals surface area contributed by atoms with E-state index in [0.717, 1.165) is 64.2 Å². The van der Waals surface area contributed by atoms with E-state index in [4.69, 9.17) is 13.8 Å². The van der Waals surface area contributed by atoms with Crippen molar-refractivity contribution >= 4 is 19.7 Å². The van der Waals surface area contributed by atoms with Gasteiger partial charge in [-0.15, -0.1) is 0 Å². The molecule has 0 aliphatic heterocycles. The molecule has 472 valence electrons. The SMILES string of the molecule is CCCCC/C=C\C/C=C\CCCCCCCCCCCCCC(=O)OC(/C=C/CCCCCCCCCCCC)C(COP(=O)(O)OCC[N+](C)(C)C)NC(=O)CCCCCCCCCCCCCCCCCCCCCCC. The molecular weight excluding hydrogens is 1010 g/mol. The molecule has 0 radical (unpaired) electrons. The lowest BCUT2D eigenvalue weighted by atomic mass is 10.0. The summed E-state index contributed by atoms with van der Waals surface area (Å²) in [4.78, 5) is 37.9. The molecule has 3 unspecified atom stereocenters. The summed E-state index contributed by atoms with van der Waals surface area (Å²) in [6.07, 6.45) is 74.3. The van der Waals surface area contributed by atoms with Gasteiger partial charge in [-0.3, -0.25) is 18.6 Å². The van der Waals surface area contributed by atoms with Gasteiger partial charge in [-0.1, -0.05) is 308 Å². The topological polar surface area (TPSA) is 111 Å². The van der Waals surface area contributed by atoms with Gasteiger partial charge in [0, 0.05) is 12.8 Å². The number of nitrogens with one attached hydrogen (secondary N) is 1. The zero-order valence-electron chi connectivity index (χ0n) is 54.1. The van der Waals surface area contributed by atoms with Crippen LogP contribution in [-0.2, 0) is 27.9 Å². The molecule has 2 N–H and O–H groups in total. The maximum atomic E-state index is 13.6. The largest absolute Gasteiger partial charge is 0.472 e. The van der Waals surface area contributed by atoms with Gasteiger partial charge >= 0.3 is 13.8 Å². The summed E-state index contributed by atoms with van der Waals surface area (Å²) >= 11 is 0. The van der Waals surface area contributed by atoms with E-state index >= 15 is 0 Å². The van der Waals surface area contributed by atoms with E-state index in [0.29, 0.717) is 23.9 Å². The first-order chi connectivity index (χ1) is 38.9. The van der Waals surface area contributed by atoms with Crippen molar-refractivity contribution in [2.24, 2.45) is 0 Å². The highest BCUT2D eigenvalue weighted by atomic mass is 31.2. The summed E-state index contributed by atoms with van der Waals surface area (Å²) in [6.45, 7) is 7.04. The van der Waals surface area contributed by atoms with Gasteiger partial charge in [0.15, 0.2) is 0 Å². The number of carbonyl (C=O) groups is 2. The van der Waals surface area contributed by atoms with E-state index in [2.05, 4.69) is 50.4 Å². The van der Waals surface area contributed by atoms with E-state index in [1.54, 1.807) is 0 Å². The molecule has 0 bridgehead atoms. The highest BCUT2D eigenvalue weighted by Crippen LogP contribution is 2.43. The average Bonchev–Trinajstić information content (AvgIpc) is 3.42. The van der Waals surface area contributed by atoms with Gasteiger partial charge in [-0.05, 0) is 63.9 Å². The number of likely N-dealkylation sites (N-methyl/N-ethyl adjacent to an activating group) is 1. The van der Waals surface area contributed by atoms with Crippen molar-refractivity contribution in [1.82, 2.24) is 5.32 Å². The summed E-state index contributed by atoms with van der Waals surface area (Å²) in [5.74, 6) is -0.488. The number of amides is 1. The van der Waals surface area contributed by atoms with Crippen molar-refractivity contribution in [2.75, 3.05) is 40.9 Å². The number of unbranched alkanes of at least 4 members (excludes halogenated alkanes) is 44. The highest BCUT2D eigenvalue weighted by Gasteiger charge is 2.30. The highest BCUT2D eigenvalue weighted by molar-refractivity contribution is 7.47. The smallest absolute Gasteiger partial charge is 0.456 e. The van der Waals surface area contributed by atoms with Gasteiger partial charge in [0.05, 0.1) is 33.8 Å². The molecule has 0 saturated heterocycles. The molecule has 0 saturated carbocycles. The fourth-order valence-electron chi connectivity index (χ4n) is 10.4. The third kappa shape index (κ3) is 60.8. The molecule has 0 aromatic carbocycles. The van der Waals surface area contributed by atoms with Crippen molar-refractivity contribution in [3.05, 3.63) is 36.5 Å². The maximum absolute atomic E-state index is 13.6. The third-order valence-corrected chi connectivity index (χ3v) is 16.8. The second kappa shape index (κ2) is 60.4. The van der Waals surface area contributed by atoms with Gasteiger partial charge in [0.1, 0.15) is 19.3 Å². The number of carbonyl (C=O) groups excluding carboxylic acids is 2. The van der Waals surface area contributed by atoms with Gasteiger partial charge in [0.2, 0.25) is 5.91 Å². The average molecular weight is 1150 g/mol. The minimum absolute atomic E-state index is 0.0429. The van der Waals surface area contributed by atoms with E-state index in [9.17, 15) is 19.0 Å². The normalized spacial score (nSPS) is 13.7. The van der Waals surface area contributed by atoms with Gasteiger partial charge in [-0.25, -0.2) is 4.57 Å². The molecule has 0 aliphatic carbocycles. The Kier molecular flexibility index (Phi) is 59.0. The Hall–Kier alpha value is -1.77. The number of quaternary nitrogens is 1. The Morgan fingerprint density at radius 3 is 1.15 bits per heavy atom. The van der Waals surface area contributed by atoms with Crippen LogP contribution in [-0.4, -0.2) is 74.3 Å². The number of hydrogen-bond acceptors (Lipinski definition) is 6. The van der Waals surface area contributed by atoms with Crippen molar-refractivity contribution in [3.8, 4) is 0 Å². The molecule has 0 heterocycles. The monoisotopic (exact) mass is 1150 g/mol. The second-order valence-electron chi connectivity index (χ2n) is 25.1. The van der Waals surface area contributed by atoms with Crippen molar-refractivity contribution in [1.29, 1.82) is 0 Å². The molecule has 0 aromatic heterocycles. The predicted octanol–water partition coefficient (Wildman–Crippen LogP) is 21.8. The van der Waals surface area contributed by atoms with Gasteiger partial charge in [-0.2, -0.15) is 0 Å². The summed E-state index contributed by atoms with van der Waals surface area (Å²) in [6, 6.07) is -0.845. The number of phosphoric acid groups is 1. The van der Waals surface area contributed by atoms with Crippen LogP contribution < -0.4 is 5.32 Å². The zero-order valence-corrected chi connectivity index (χ0v) is 55.0.